The molecule has 53 heavy (non-hydrogen) atoms. The highest BCUT2D eigenvalue weighted by molar-refractivity contribution is 5.82. The maximum Gasteiger partial charge on any atom is 0.347 e. The SMILES string of the molecule is CCC(C)(C)C(=O)OC1(CC)C2CC3CC(C2)CC1C3.CCC(C)(C)C(=O)OC1C2CC3CC1CC(O)(C3)C2.CCC(C)(C)C(=O)OC1CCOC1=O. The standard InChI is InChI=1S/C18H30O2.C16H26O3.C10H16O4/c1-5-17(3,4)16(19)20-18(6-2)14-8-12-7-13(10-14)11-15(18)9-12;1-4-15(2,3)14(17)19-13-11-5-10-6-12(13)9-16(18,7-10)8-11;1-4-10(2,3)9(12)14-7-5-6-13-8(7)11/h12-15H,5-11H2,1-4H3;10-13,18H,4-9H2,1-3H3;7H,4-6H2,1-3H3. The highest BCUT2D eigenvalue weighted by atomic mass is 16.6. The summed E-state index contributed by atoms with van der Waals surface area (Å²) in [6, 6.07) is 0. The molecule has 8 saturated carbocycles. The second-order valence-corrected chi connectivity index (χ2v) is 20.1. The second-order valence-electron chi connectivity index (χ2n) is 20.1. The lowest BCUT2D eigenvalue weighted by Gasteiger charge is -2.60. The maximum atomic E-state index is 12.6. The van der Waals surface area contributed by atoms with Gasteiger partial charge in [0.2, 0.25) is 6.10 Å². The summed E-state index contributed by atoms with van der Waals surface area (Å²) in [5.41, 5.74) is -1.82. The Morgan fingerprint density at radius 2 is 1.15 bits per heavy atom. The van der Waals surface area contributed by atoms with Crippen LogP contribution in [0.25, 0.3) is 0 Å². The summed E-state index contributed by atoms with van der Waals surface area (Å²) in [7, 11) is 0. The lowest BCUT2D eigenvalue weighted by molar-refractivity contribution is -0.218. The third-order valence-electron chi connectivity index (χ3n) is 15.2. The molecular weight excluding hydrogens is 672 g/mol. The van der Waals surface area contributed by atoms with Gasteiger partial charge in [-0.15, -0.1) is 0 Å². The summed E-state index contributed by atoms with van der Waals surface area (Å²) < 4.78 is 21.9. The number of aliphatic hydroxyl groups is 1. The Morgan fingerprint density at radius 3 is 1.57 bits per heavy atom. The van der Waals surface area contributed by atoms with E-state index in [1.54, 1.807) is 13.8 Å². The minimum atomic E-state index is -0.687. The Bertz CT molecular complexity index is 1300. The van der Waals surface area contributed by atoms with Crippen molar-refractivity contribution in [2.75, 3.05) is 6.61 Å². The van der Waals surface area contributed by atoms with Gasteiger partial charge in [0, 0.05) is 6.42 Å². The van der Waals surface area contributed by atoms with Crippen LogP contribution in [0.15, 0.2) is 0 Å². The Labute approximate surface area is 319 Å². The van der Waals surface area contributed by atoms with Crippen LogP contribution in [0.4, 0.5) is 0 Å². The van der Waals surface area contributed by atoms with Crippen molar-refractivity contribution in [2.45, 2.75) is 189 Å². The zero-order chi connectivity index (χ0) is 39.1. The smallest absolute Gasteiger partial charge is 0.347 e. The highest BCUT2D eigenvalue weighted by Gasteiger charge is 2.59. The molecule has 9 rings (SSSR count). The van der Waals surface area contributed by atoms with Gasteiger partial charge in [-0.2, -0.15) is 0 Å². The van der Waals surface area contributed by atoms with Crippen molar-refractivity contribution in [3.05, 3.63) is 0 Å². The van der Waals surface area contributed by atoms with Gasteiger partial charge >= 0.3 is 23.9 Å². The first-order valence-corrected chi connectivity index (χ1v) is 21.3. The third-order valence-corrected chi connectivity index (χ3v) is 15.2. The molecule has 3 atom stereocenters. The average Bonchev–Trinajstić information content (AvgIpc) is 3.50. The van der Waals surface area contributed by atoms with E-state index in [9.17, 15) is 24.3 Å². The Kier molecular flexibility index (Phi) is 12.5. The topological polar surface area (TPSA) is 125 Å². The lowest BCUT2D eigenvalue weighted by atomic mass is 9.49. The normalized spacial score (nSPS) is 37.9. The first-order valence-electron chi connectivity index (χ1n) is 21.3. The fourth-order valence-corrected chi connectivity index (χ4v) is 10.8. The van der Waals surface area contributed by atoms with Crippen LogP contribution in [-0.2, 0) is 38.1 Å². The molecule has 9 nitrogen and oxygen atoms in total. The number of ether oxygens (including phenoxy) is 4. The predicted molar refractivity (Wildman–Crippen MR) is 202 cm³/mol. The average molecular weight is 745 g/mol. The van der Waals surface area contributed by atoms with Crippen molar-refractivity contribution in [1.82, 2.24) is 0 Å². The zero-order valence-electron chi connectivity index (χ0n) is 34.7. The van der Waals surface area contributed by atoms with Gasteiger partial charge in [0.15, 0.2) is 0 Å². The molecule has 1 saturated heterocycles. The van der Waals surface area contributed by atoms with Crippen LogP contribution in [-0.4, -0.2) is 59.0 Å². The van der Waals surface area contributed by atoms with Crippen LogP contribution in [0.1, 0.15) is 166 Å². The molecule has 9 aliphatic rings. The van der Waals surface area contributed by atoms with E-state index in [0.29, 0.717) is 49.0 Å². The molecule has 0 aromatic heterocycles. The van der Waals surface area contributed by atoms with Crippen molar-refractivity contribution in [2.24, 2.45) is 57.7 Å². The van der Waals surface area contributed by atoms with Gasteiger partial charge in [0.05, 0.1) is 28.5 Å². The van der Waals surface area contributed by atoms with E-state index in [4.69, 9.17) is 18.9 Å². The molecule has 302 valence electrons. The summed E-state index contributed by atoms with van der Waals surface area (Å²) in [5, 5.41) is 10.5. The summed E-state index contributed by atoms with van der Waals surface area (Å²) >= 11 is 0. The van der Waals surface area contributed by atoms with Gasteiger partial charge in [-0.25, -0.2) is 4.79 Å². The fraction of sp³-hybridized carbons (Fsp3) is 0.909. The van der Waals surface area contributed by atoms with E-state index < -0.39 is 23.1 Å². The first kappa shape index (κ1) is 42.0. The third kappa shape index (κ3) is 8.80. The molecule has 0 radical (unpaired) electrons. The number of carbonyl (C=O) groups is 4. The summed E-state index contributed by atoms with van der Waals surface area (Å²) in [6.45, 7) is 20.2. The number of carbonyl (C=O) groups excluding carboxylic acids is 4. The van der Waals surface area contributed by atoms with Crippen molar-refractivity contribution < 1.29 is 43.2 Å². The van der Waals surface area contributed by atoms with Gasteiger partial charge in [0.25, 0.3) is 0 Å². The van der Waals surface area contributed by atoms with Crippen LogP contribution in [0.3, 0.4) is 0 Å². The molecular formula is C44H72O9. The summed E-state index contributed by atoms with van der Waals surface area (Å²) in [6.07, 6.45) is 14.8. The maximum absolute atomic E-state index is 12.6. The van der Waals surface area contributed by atoms with E-state index in [2.05, 4.69) is 13.8 Å². The Morgan fingerprint density at radius 1 is 0.679 bits per heavy atom. The molecule has 0 spiro atoms. The van der Waals surface area contributed by atoms with Gasteiger partial charge in [-0.05, 0) is 173 Å². The largest absolute Gasteiger partial charge is 0.463 e. The highest BCUT2D eigenvalue weighted by Crippen LogP contribution is 2.61. The van der Waals surface area contributed by atoms with Crippen LogP contribution in [0.2, 0.25) is 0 Å². The molecule has 0 aromatic rings. The first-order chi connectivity index (χ1) is 24.7. The van der Waals surface area contributed by atoms with E-state index in [-0.39, 0.29) is 40.4 Å². The molecule has 0 aromatic carbocycles. The monoisotopic (exact) mass is 745 g/mol. The molecule has 9 heteroatoms. The molecule has 1 heterocycles. The van der Waals surface area contributed by atoms with Crippen molar-refractivity contribution >= 4 is 23.9 Å². The van der Waals surface area contributed by atoms with E-state index in [1.165, 1.54) is 32.1 Å². The number of esters is 4. The van der Waals surface area contributed by atoms with E-state index in [1.807, 2.05) is 41.5 Å². The summed E-state index contributed by atoms with van der Waals surface area (Å²) in [4.78, 5) is 47.5. The molecule has 8 bridgehead atoms. The van der Waals surface area contributed by atoms with Gasteiger partial charge in [-0.1, -0.05) is 27.7 Å². The molecule has 1 N–H and O–H groups in total. The molecule has 8 aliphatic carbocycles. The minimum absolute atomic E-state index is 0.0364. The Hall–Kier alpha value is -2.16. The number of cyclic esters (lactones) is 1. The Balaban J connectivity index is 0.000000156. The van der Waals surface area contributed by atoms with Crippen molar-refractivity contribution in [3.63, 3.8) is 0 Å². The fourth-order valence-electron chi connectivity index (χ4n) is 10.8. The second kappa shape index (κ2) is 15.8. The van der Waals surface area contributed by atoms with Gasteiger partial charge in [-0.3, -0.25) is 14.4 Å². The van der Waals surface area contributed by atoms with Crippen LogP contribution in [0.5, 0.6) is 0 Å². The number of hydrogen-bond donors (Lipinski definition) is 1. The van der Waals surface area contributed by atoms with Gasteiger partial charge in [0.1, 0.15) is 11.7 Å². The summed E-state index contributed by atoms with van der Waals surface area (Å²) in [5.74, 6) is 3.81. The van der Waals surface area contributed by atoms with Gasteiger partial charge < -0.3 is 24.1 Å². The lowest BCUT2D eigenvalue weighted by Crippen LogP contribution is -2.60. The van der Waals surface area contributed by atoms with E-state index >= 15 is 0 Å². The van der Waals surface area contributed by atoms with E-state index in [0.717, 1.165) is 63.2 Å². The molecule has 1 aliphatic heterocycles. The number of hydrogen-bond acceptors (Lipinski definition) is 9. The number of rotatable bonds is 10. The molecule has 0 amide bonds. The van der Waals surface area contributed by atoms with Crippen LogP contribution < -0.4 is 0 Å². The van der Waals surface area contributed by atoms with Crippen LogP contribution in [0, 0.1) is 57.7 Å². The zero-order valence-corrected chi connectivity index (χ0v) is 34.7. The van der Waals surface area contributed by atoms with Crippen molar-refractivity contribution in [3.8, 4) is 0 Å². The quantitative estimate of drug-likeness (QED) is 0.173. The molecule has 3 unspecified atom stereocenters. The van der Waals surface area contributed by atoms with Crippen LogP contribution >= 0.6 is 0 Å². The molecule has 9 fully saturated rings. The predicted octanol–water partition coefficient (Wildman–Crippen LogP) is 8.76. The van der Waals surface area contributed by atoms with Crippen molar-refractivity contribution in [1.29, 1.82) is 0 Å². The minimum Gasteiger partial charge on any atom is -0.463 e.